The topological polar surface area (TPSA) is 61.4 Å². The fourth-order valence-electron chi connectivity index (χ4n) is 3.04. The number of halogens is 5. The van der Waals surface area contributed by atoms with E-state index in [4.69, 9.17) is 23.2 Å². The molecule has 0 saturated heterocycles. The highest BCUT2D eigenvalue weighted by Gasteiger charge is 2.30. The Kier molecular flexibility index (Phi) is 8.41. The Morgan fingerprint density at radius 1 is 0.882 bits per heavy atom. The van der Waals surface area contributed by atoms with Gasteiger partial charge in [-0.25, -0.2) is 4.79 Å². The number of carbonyl (C=O) groups is 2. The van der Waals surface area contributed by atoms with E-state index in [-0.39, 0.29) is 30.2 Å². The van der Waals surface area contributed by atoms with Gasteiger partial charge in [-0.3, -0.25) is 4.79 Å². The van der Waals surface area contributed by atoms with Crippen LogP contribution >= 0.6 is 23.2 Å². The molecule has 2 N–H and O–H groups in total. The summed E-state index contributed by atoms with van der Waals surface area (Å²) in [6, 6.07) is 17.5. The number of amides is 3. The Bertz CT molecular complexity index is 1140. The fourth-order valence-corrected chi connectivity index (χ4v) is 3.50. The molecular formula is C24H20Cl2F3N3O2. The van der Waals surface area contributed by atoms with Crippen LogP contribution in [0.2, 0.25) is 10.0 Å². The molecule has 0 aromatic heterocycles. The molecule has 0 aliphatic rings. The quantitative estimate of drug-likeness (QED) is 0.357. The van der Waals surface area contributed by atoms with E-state index in [1.807, 2.05) is 30.3 Å². The molecule has 3 aromatic carbocycles. The number of nitrogens with one attached hydrogen (secondary N) is 2. The lowest BCUT2D eigenvalue weighted by molar-refractivity contribution is -0.137. The summed E-state index contributed by atoms with van der Waals surface area (Å²) in [4.78, 5) is 26.8. The predicted molar refractivity (Wildman–Crippen MR) is 127 cm³/mol. The van der Waals surface area contributed by atoms with Gasteiger partial charge in [0.25, 0.3) is 0 Å². The highest BCUT2D eigenvalue weighted by atomic mass is 35.5. The number of rotatable bonds is 7. The van der Waals surface area contributed by atoms with E-state index in [2.05, 4.69) is 10.6 Å². The predicted octanol–water partition coefficient (Wildman–Crippen LogP) is 7.08. The van der Waals surface area contributed by atoms with Crippen molar-refractivity contribution in [1.82, 2.24) is 4.90 Å². The lowest BCUT2D eigenvalue weighted by atomic mass is 10.2. The molecule has 0 saturated carbocycles. The van der Waals surface area contributed by atoms with Gasteiger partial charge in [0.15, 0.2) is 0 Å². The molecule has 3 amide bonds. The Morgan fingerprint density at radius 2 is 1.56 bits per heavy atom. The molecule has 10 heteroatoms. The normalized spacial score (nSPS) is 11.1. The lowest BCUT2D eigenvalue weighted by Gasteiger charge is -2.23. The molecule has 0 heterocycles. The molecule has 3 rings (SSSR count). The Labute approximate surface area is 204 Å². The standard InChI is InChI=1S/C24H20Cl2F3N3O2/c25-18-8-11-21(20(26)14-18)31-23(34)32(15-16-4-2-1-3-5-16)13-12-22(33)30-19-9-6-17(7-10-19)24(27,28)29/h1-11,14H,12-13,15H2,(H,30,33)(H,31,34). The zero-order chi connectivity index (χ0) is 24.7. The van der Waals surface area contributed by atoms with Crippen LogP contribution in [0.3, 0.4) is 0 Å². The number of nitrogens with zero attached hydrogens (tertiary/aromatic N) is 1. The van der Waals surface area contributed by atoms with Crippen molar-refractivity contribution in [1.29, 1.82) is 0 Å². The number of anilines is 2. The Morgan fingerprint density at radius 3 is 2.18 bits per heavy atom. The Balaban J connectivity index is 1.66. The average molecular weight is 510 g/mol. The van der Waals surface area contributed by atoms with Crippen molar-refractivity contribution in [3.63, 3.8) is 0 Å². The third-order valence-electron chi connectivity index (χ3n) is 4.78. The van der Waals surface area contributed by atoms with E-state index in [1.165, 1.54) is 23.1 Å². The summed E-state index contributed by atoms with van der Waals surface area (Å²) in [7, 11) is 0. The molecule has 0 radical (unpaired) electrons. The number of urea groups is 1. The van der Waals surface area contributed by atoms with Gasteiger partial charge >= 0.3 is 12.2 Å². The van der Waals surface area contributed by atoms with Crippen molar-refractivity contribution in [2.45, 2.75) is 19.1 Å². The zero-order valence-electron chi connectivity index (χ0n) is 17.7. The van der Waals surface area contributed by atoms with Crippen molar-refractivity contribution in [2.24, 2.45) is 0 Å². The SMILES string of the molecule is O=C(CCN(Cc1ccccc1)C(=O)Nc1ccc(Cl)cc1Cl)Nc1ccc(C(F)(F)F)cc1. The smallest absolute Gasteiger partial charge is 0.326 e. The van der Waals surface area contributed by atoms with Crippen LogP contribution in [-0.4, -0.2) is 23.4 Å². The summed E-state index contributed by atoms with van der Waals surface area (Å²) >= 11 is 12.0. The van der Waals surface area contributed by atoms with Gasteiger partial charge in [-0.05, 0) is 48.0 Å². The minimum absolute atomic E-state index is 0.0540. The average Bonchev–Trinajstić information content (AvgIpc) is 2.79. The monoisotopic (exact) mass is 509 g/mol. The molecule has 0 aliphatic carbocycles. The first-order valence-electron chi connectivity index (χ1n) is 10.1. The van der Waals surface area contributed by atoms with Gasteiger partial charge in [-0.1, -0.05) is 53.5 Å². The molecule has 0 spiro atoms. The largest absolute Gasteiger partial charge is 0.416 e. The van der Waals surface area contributed by atoms with E-state index in [9.17, 15) is 22.8 Å². The van der Waals surface area contributed by atoms with E-state index in [0.717, 1.165) is 17.7 Å². The maximum Gasteiger partial charge on any atom is 0.416 e. The number of benzene rings is 3. The van der Waals surface area contributed by atoms with Gasteiger partial charge in [0.05, 0.1) is 16.3 Å². The summed E-state index contributed by atoms with van der Waals surface area (Å²) in [5.41, 5.74) is 0.633. The van der Waals surface area contributed by atoms with Crippen molar-refractivity contribution in [3.05, 3.63) is 94.0 Å². The third kappa shape index (κ3) is 7.40. The maximum absolute atomic E-state index is 12.9. The van der Waals surface area contributed by atoms with Crippen LogP contribution in [0.15, 0.2) is 72.8 Å². The molecule has 0 unspecified atom stereocenters. The van der Waals surface area contributed by atoms with Crippen molar-refractivity contribution in [3.8, 4) is 0 Å². The first kappa shape index (κ1) is 25.4. The highest BCUT2D eigenvalue weighted by Crippen LogP contribution is 2.30. The second-order valence-electron chi connectivity index (χ2n) is 7.33. The first-order chi connectivity index (χ1) is 16.1. The summed E-state index contributed by atoms with van der Waals surface area (Å²) in [5, 5.41) is 5.94. The number of carbonyl (C=O) groups excluding carboxylic acids is 2. The molecular weight excluding hydrogens is 490 g/mol. The van der Waals surface area contributed by atoms with Gasteiger partial charge < -0.3 is 15.5 Å². The van der Waals surface area contributed by atoms with Crippen LogP contribution in [0, 0.1) is 0 Å². The molecule has 0 aliphatic heterocycles. The fraction of sp³-hybridized carbons (Fsp3) is 0.167. The summed E-state index contributed by atoms with van der Waals surface area (Å²) in [6.07, 6.45) is -4.53. The lowest BCUT2D eigenvalue weighted by Crippen LogP contribution is -2.36. The minimum Gasteiger partial charge on any atom is -0.326 e. The van der Waals surface area contributed by atoms with Crippen LogP contribution in [0.4, 0.5) is 29.3 Å². The van der Waals surface area contributed by atoms with Crippen LogP contribution in [0.25, 0.3) is 0 Å². The molecule has 0 atom stereocenters. The van der Waals surface area contributed by atoms with Gasteiger partial charge in [-0.2, -0.15) is 13.2 Å². The maximum atomic E-state index is 12.9. The molecule has 34 heavy (non-hydrogen) atoms. The van der Waals surface area contributed by atoms with Crippen LogP contribution < -0.4 is 10.6 Å². The Hall–Kier alpha value is -3.23. The molecule has 178 valence electrons. The van der Waals surface area contributed by atoms with Crippen molar-refractivity contribution in [2.75, 3.05) is 17.2 Å². The summed E-state index contributed by atoms with van der Waals surface area (Å²) in [6.45, 7) is 0.282. The summed E-state index contributed by atoms with van der Waals surface area (Å²) in [5.74, 6) is -0.449. The molecule has 3 aromatic rings. The highest BCUT2D eigenvalue weighted by molar-refractivity contribution is 6.36. The van der Waals surface area contributed by atoms with Gasteiger partial charge in [0.2, 0.25) is 5.91 Å². The summed E-state index contributed by atoms with van der Waals surface area (Å²) < 4.78 is 38.1. The zero-order valence-corrected chi connectivity index (χ0v) is 19.2. The molecule has 5 nitrogen and oxygen atoms in total. The van der Waals surface area contributed by atoms with E-state index in [0.29, 0.717) is 10.7 Å². The van der Waals surface area contributed by atoms with E-state index in [1.54, 1.807) is 12.1 Å². The number of hydrogen-bond acceptors (Lipinski definition) is 2. The van der Waals surface area contributed by atoms with Gasteiger partial charge in [0, 0.05) is 30.2 Å². The number of hydrogen-bond donors (Lipinski definition) is 2. The molecule has 0 fully saturated rings. The molecule has 0 bridgehead atoms. The van der Waals surface area contributed by atoms with Crippen LogP contribution in [-0.2, 0) is 17.5 Å². The van der Waals surface area contributed by atoms with E-state index >= 15 is 0 Å². The first-order valence-corrected chi connectivity index (χ1v) is 10.9. The van der Waals surface area contributed by atoms with Crippen LogP contribution in [0.1, 0.15) is 17.5 Å². The minimum atomic E-state index is -4.46. The van der Waals surface area contributed by atoms with Gasteiger partial charge in [-0.15, -0.1) is 0 Å². The number of alkyl halides is 3. The third-order valence-corrected chi connectivity index (χ3v) is 5.33. The second-order valence-corrected chi connectivity index (χ2v) is 8.18. The van der Waals surface area contributed by atoms with E-state index < -0.39 is 23.7 Å². The van der Waals surface area contributed by atoms with Crippen molar-refractivity contribution < 1.29 is 22.8 Å². The second kappa shape index (κ2) is 11.3. The van der Waals surface area contributed by atoms with Crippen molar-refractivity contribution >= 4 is 46.5 Å². The van der Waals surface area contributed by atoms with Gasteiger partial charge in [0.1, 0.15) is 0 Å². The van der Waals surface area contributed by atoms with Crippen LogP contribution in [0.5, 0.6) is 0 Å².